The molecule has 8 heteroatoms. The molecule has 1 amide bonds. The summed E-state index contributed by atoms with van der Waals surface area (Å²) in [6.45, 7) is 3.24. The van der Waals surface area contributed by atoms with Gasteiger partial charge in [0.25, 0.3) is 5.91 Å². The number of ether oxygens (including phenoxy) is 2. The van der Waals surface area contributed by atoms with Gasteiger partial charge in [0.05, 0.1) is 12.1 Å². The molecule has 0 unspecified atom stereocenters. The molecular formula is C24H22N4O4. The predicted molar refractivity (Wildman–Crippen MR) is 119 cm³/mol. The number of pyridine rings is 1. The molecule has 0 bridgehead atoms. The van der Waals surface area contributed by atoms with Gasteiger partial charge < -0.3 is 14.8 Å². The first-order valence-corrected chi connectivity index (χ1v) is 10.4. The fraction of sp³-hybridized carbons (Fsp3) is 0.208. The number of hydrogen-bond acceptors (Lipinski definition) is 5. The molecule has 2 aromatic carbocycles. The summed E-state index contributed by atoms with van der Waals surface area (Å²) in [7, 11) is 0. The van der Waals surface area contributed by atoms with Crippen molar-refractivity contribution >= 4 is 17.1 Å². The van der Waals surface area contributed by atoms with Crippen LogP contribution in [0.3, 0.4) is 0 Å². The molecule has 0 fully saturated rings. The van der Waals surface area contributed by atoms with E-state index in [9.17, 15) is 9.59 Å². The van der Waals surface area contributed by atoms with Gasteiger partial charge in [0.15, 0.2) is 17.1 Å². The summed E-state index contributed by atoms with van der Waals surface area (Å²) < 4.78 is 13.9. The Hall–Kier alpha value is -4.07. The first-order valence-electron chi connectivity index (χ1n) is 10.4. The lowest BCUT2D eigenvalue weighted by molar-refractivity contribution is 0.0952. The van der Waals surface area contributed by atoms with Crippen LogP contribution in [-0.4, -0.2) is 33.4 Å². The zero-order chi connectivity index (χ0) is 22.1. The molecule has 0 saturated carbocycles. The van der Waals surface area contributed by atoms with Crippen molar-refractivity contribution in [2.75, 3.05) is 13.3 Å². The summed E-state index contributed by atoms with van der Waals surface area (Å²) in [5.74, 6) is 0.936. The summed E-state index contributed by atoms with van der Waals surface area (Å²) in [5, 5.41) is 2.86. The monoisotopic (exact) mass is 430 g/mol. The molecule has 0 radical (unpaired) electrons. The summed E-state index contributed by atoms with van der Waals surface area (Å²) in [6, 6.07) is 16.9. The lowest BCUT2D eigenvalue weighted by Gasteiger charge is -2.07. The van der Waals surface area contributed by atoms with Crippen molar-refractivity contribution in [3.8, 4) is 11.5 Å². The van der Waals surface area contributed by atoms with Crippen LogP contribution in [-0.2, 0) is 13.1 Å². The second-order valence-electron chi connectivity index (χ2n) is 7.68. The smallest absolute Gasteiger partial charge is 0.330 e. The van der Waals surface area contributed by atoms with E-state index in [4.69, 9.17) is 9.47 Å². The van der Waals surface area contributed by atoms with Crippen LogP contribution in [0.1, 0.15) is 21.5 Å². The Balaban J connectivity index is 1.34. The van der Waals surface area contributed by atoms with E-state index in [1.54, 1.807) is 33.5 Å². The topological polar surface area (TPSA) is 87.4 Å². The van der Waals surface area contributed by atoms with Gasteiger partial charge in [-0.3, -0.25) is 13.9 Å². The van der Waals surface area contributed by atoms with E-state index >= 15 is 0 Å². The normalized spacial score (nSPS) is 12.3. The van der Waals surface area contributed by atoms with Crippen LogP contribution in [0.4, 0.5) is 0 Å². The number of imidazole rings is 1. The average molecular weight is 430 g/mol. The van der Waals surface area contributed by atoms with Gasteiger partial charge in [0, 0.05) is 24.8 Å². The standard InChI is InChI=1S/C24H22N4O4/c1-16-4-6-17(7-5-16)14-28-19-3-2-10-25-22(19)27(24(28)30)12-11-26-23(29)18-8-9-20-21(13-18)32-15-31-20/h2-10,13H,11-12,14-15H2,1H3,(H,26,29). The van der Waals surface area contributed by atoms with Gasteiger partial charge in [-0.05, 0) is 42.8 Å². The van der Waals surface area contributed by atoms with Gasteiger partial charge in [-0.25, -0.2) is 9.78 Å². The van der Waals surface area contributed by atoms with E-state index in [0.29, 0.717) is 35.8 Å². The number of rotatable bonds is 6. The summed E-state index contributed by atoms with van der Waals surface area (Å²) in [5.41, 5.74) is 3.89. The molecule has 0 atom stereocenters. The van der Waals surface area contributed by atoms with Crippen LogP contribution in [0.5, 0.6) is 11.5 Å². The Labute approximate surface area is 184 Å². The highest BCUT2D eigenvalue weighted by atomic mass is 16.7. The zero-order valence-electron chi connectivity index (χ0n) is 17.6. The third kappa shape index (κ3) is 3.71. The molecule has 2 aromatic heterocycles. The van der Waals surface area contributed by atoms with Crippen molar-refractivity contribution in [2.24, 2.45) is 0 Å². The number of benzene rings is 2. The SMILES string of the molecule is Cc1ccc(Cn2c(=O)n(CCNC(=O)c3ccc4c(c3)OCO4)c3ncccc32)cc1. The van der Waals surface area contributed by atoms with E-state index < -0.39 is 0 Å². The fourth-order valence-electron chi connectivity index (χ4n) is 3.80. The van der Waals surface area contributed by atoms with Gasteiger partial charge in [-0.15, -0.1) is 0 Å². The van der Waals surface area contributed by atoms with Crippen molar-refractivity contribution in [2.45, 2.75) is 20.0 Å². The van der Waals surface area contributed by atoms with E-state index in [0.717, 1.165) is 11.1 Å². The lowest BCUT2D eigenvalue weighted by Crippen LogP contribution is -2.32. The van der Waals surface area contributed by atoms with E-state index in [-0.39, 0.29) is 24.9 Å². The third-order valence-electron chi connectivity index (χ3n) is 5.49. The number of hydrogen-bond donors (Lipinski definition) is 1. The number of aromatic nitrogens is 3. The highest BCUT2D eigenvalue weighted by Crippen LogP contribution is 2.32. The number of nitrogens with zero attached hydrogens (tertiary/aromatic N) is 3. The van der Waals surface area contributed by atoms with Crippen molar-refractivity contribution in [3.05, 3.63) is 88.0 Å². The predicted octanol–water partition coefficient (Wildman–Crippen LogP) is 2.71. The maximum atomic E-state index is 13.2. The third-order valence-corrected chi connectivity index (χ3v) is 5.49. The Morgan fingerprint density at radius 1 is 1.06 bits per heavy atom. The van der Waals surface area contributed by atoms with Crippen molar-refractivity contribution in [1.82, 2.24) is 19.4 Å². The summed E-state index contributed by atoms with van der Waals surface area (Å²) in [6.07, 6.45) is 1.67. The second-order valence-corrected chi connectivity index (χ2v) is 7.68. The van der Waals surface area contributed by atoms with Crippen LogP contribution >= 0.6 is 0 Å². The summed E-state index contributed by atoms with van der Waals surface area (Å²) >= 11 is 0. The highest BCUT2D eigenvalue weighted by molar-refractivity contribution is 5.94. The van der Waals surface area contributed by atoms with Gasteiger partial charge >= 0.3 is 5.69 Å². The maximum Gasteiger partial charge on any atom is 0.330 e. The van der Waals surface area contributed by atoms with Crippen LogP contribution in [0.15, 0.2) is 65.6 Å². The molecule has 8 nitrogen and oxygen atoms in total. The molecule has 162 valence electrons. The first kappa shape index (κ1) is 19.9. The van der Waals surface area contributed by atoms with Crippen molar-refractivity contribution in [1.29, 1.82) is 0 Å². The number of aryl methyl sites for hydroxylation is 1. The average Bonchev–Trinajstić information content (AvgIpc) is 3.38. The molecule has 4 aromatic rings. The van der Waals surface area contributed by atoms with Crippen LogP contribution in [0, 0.1) is 6.92 Å². The minimum atomic E-state index is -0.243. The molecule has 0 spiro atoms. The molecule has 3 heterocycles. The number of amides is 1. The van der Waals surface area contributed by atoms with Gasteiger partial charge in [0.1, 0.15) is 0 Å². The molecule has 32 heavy (non-hydrogen) atoms. The molecule has 1 aliphatic heterocycles. The van der Waals surface area contributed by atoms with Crippen LogP contribution in [0.2, 0.25) is 0 Å². The molecule has 1 N–H and O–H groups in total. The highest BCUT2D eigenvalue weighted by Gasteiger charge is 2.17. The van der Waals surface area contributed by atoms with Gasteiger partial charge in [-0.1, -0.05) is 29.8 Å². The number of fused-ring (bicyclic) bond motifs is 2. The van der Waals surface area contributed by atoms with Crippen LogP contribution in [0.25, 0.3) is 11.2 Å². The van der Waals surface area contributed by atoms with Crippen LogP contribution < -0.4 is 20.5 Å². The largest absolute Gasteiger partial charge is 0.454 e. The molecule has 0 aliphatic carbocycles. The quantitative estimate of drug-likeness (QED) is 0.508. The first-order chi connectivity index (χ1) is 15.6. The van der Waals surface area contributed by atoms with Gasteiger partial charge in [-0.2, -0.15) is 0 Å². The molecular weight excluding hydrogens is 408 g/mol. The van der Waals surface area contributed by atoms with Crippen molar-refractivity contribution in [3.63, 3.8) is 0 Å². The Morgan fingerprint density at radius 3 is 2.72 bits per heavy atom. The molecule has 0 saturated heterocycles. The number of carbonyl (C=O) groups is 1. The van der Waals surface area contributed by atoms with E-state index in [1.807, 2.05) is 43.3 Å². The van der Waals surface area contributed by atoms with Crippen molar-refractivity contribution < 1.29 is 14.3 Å². The molecule has 1 aliphatic rings. The second kappa shape index (κ2) is 8.22. The Bertz CT molecular complexity index is 1350. The number of carbonyl (C=O) groups excluding carboxylic acids is 1. The minimum Gasteiger partial charge on any atom is -0.454 e. The number of nitrogens with one attached hydrogen (secondary N) is 1. The Kier molecular flexibility index (Phi) is 5.10. The summed E-state index contributed by atoms with van der Waals surface area (Å²) in [4.78, 5) is 30.1. The Morgan fingerprint density at radius 2 is 1.88 bits per heavy atom. The zero-order valence-corrected chi connectivity index (χ0v) is 17.6. The molecule has 5 rings (SSSR count). The van der Waals surface area contributed by atoms with E-state index in [1.165, 1.54) is 5.56 Å². The lowest BCUT2D eigenvalue weighted by atomic mass is 10.1. The van der Waals surface area contributed by atoms with E-state index in [2.05, 4.69) is 10.3 Å². The fourth-order valence-corrected chi connectivity index (χ4v) is 3.80. The minimum absolute atomic E-state index is 0.156. The van der Waals surface area contributed by atoms with Gasteiger partial charge in [0.2, 0.25) is 6.79 Å². The maximum absolute atomic E-state index is 13.2.